The van der Waals surface area contributed by atoms with E-state index in [1.54, 1.807) is 7.11 Å². The number of aryl methyl sites for hydroxylation is 2. The van der Waals surface area contributed by atoms with Gasteiger partial charge in [0.2, 0.25) is 0 Å². The zero-order chi connectivity index (χ0) is 13.4. The van der Waals surface area contributed by atoms with Gasteiger partial charge in [0.05, 0.1) is 12.6 Å². The van der Waals surface area contributed by atoms with Gasteiger partial charge in [-0.3, -0.25) is 0 Å². The Hall–Kier alpha value is -1.48. The Morgan fingerprint density at radius 2 is 2.21 bits per heavy atom. The summed E-state index contributed by atoms with van der Waals surface area (Å²) in [6, 6.07) is 6.38. The van der Waals surface area contributed by atoms with Gasteiger partial charge in [0, 0.05) is 36.7 Å². The molecule has 2 heterocycles. The molecule has 0 amide bonds. The normalized spacial score (nSPS) is 19.8. The summed E-state index contributed by atoms with van der Waals surface area (Å²) in [7, 11) is 3.90. The van der Waals surface area contributed by atoms with Gasteiger partial charge in [-0.15, -0.1) is 0 Å². The Morgan fingerprint density at radius 3 is 2.89 bits per heavy atom. The van der Waals surface area contributed by atoms with Crippen molar-refractivity contribution < 1.29 is 4.74 Å². The molecule has 1 saturated heterocycles. The Balaban J connectivity index is 2.13. The van der Waals surface area contributed by atoms with Crippen molar-refractivity contribution in [3.63, 3.8) is 0 Å². The van der Waals surface area contributed by atoms with Crippen molar-refractivity contribution in [2.45, 2.75) is 25.7 Å². The van der Waals surface area contributed by atoms with E-state index in [1.165, 1.54) is 35.0 Å². The van der Waals surface area contributed by atoms with E-state index in [9.17, 15) is 0 Å². The molecule has 0 spiro atoms. The van der Waals surface area contributed by atoms with Crippen LogP contribution < -0.4 is 10.1 Å². The van der Waals surface area contributed by atoms with E-state index in [2.05, 4.69) is 42.1 Å². The number of benzene rings is 1. The fourth-order valence-corrected chi connectivity index (χ4v) is 3.42. The quantitative estimate of drug-likeness (QED) is 0.896. The van der Waals surface area contributed by atoms with Crippen LogP contribution >= 0.6 is 0 Å². The molecule has 3 rings (SSSR count). The standard InChI is InChI=1S/C16H22N2O/c1-11-14-7-6-13(19-3)9-15(14)18(2)16(11)12-5-4-8-17-10-12/h6-7,9,12,17H,4-5,8,10H2,1-3H3. The van der Waals surface area contributed by atoms with Crippen molar-refractivity contribution in [2.75, 3.05) is 20.2 Å². The summed E-state index contributed by atoms with van der Waals surface area (Å²) in [6.07, 6.45) is 2.56. The molecule has 0 aliphatic carbocycles. The molecule has 1 aromatic carbocycles. The van der Waals surface area contributed by atoms with Crippen LogP contribution in [0.1, 0.15) is 30.0 Å². The van der Waals surface area contributed by atoms with Gasteiger partial charge >= 0.3 is 0 Å². The van der Waals surface area contributed by atoms with Crippen LogP contribution in [0, 0.1) is 6.92 Å². The van der Waals surface area contributed by atoms with Gasteiger partial charge < -0.3 is 14.6 Å². The number of ether oxygens (including phenoxy) is 1. The lowest BCUT2D eigenvalue weighted by atomic mass is 9.93. The van der Waals surface area contributed by atoms with Crippen LogP contribution in [0.2, 0.25) is 0 Å². The van der Waals surface area contributed by atoms with E-state index in [4.69, 9.17) is 4.74 Å². The fourth-order valence-electron chi connectivity index (χ4n) is 3.42. The monoisotopic (exact) mass is 258 g/mol. The number of nitrogens with zero attached hydrogens (tertiary/aromatic N) is 1. The third-order valence-electron chi connectivity index (χ3n) is 4.40. The Morgan fingerprint density at radius 1 is 1.37 bits per heavy atom. The first-order valence-electron chi connectivity index (χ1n) is 7.06. The summed E-state index contributed by atoms with van der Waals surface area (Å²) in [5.74, 6) is 1.57. The van der Waals surface area contributed by atoms with Crippen molar-refractivity contribution in [1.29, 1.82) is 0 Å². The Bertz CT molecular complexity index is 594. The minimum Gasteiger partial charge on any atom is -0.497 e. The number of hydrogen-bond acceptors (Lipinski definition) is 2. The van der Waals surface area contributed by atoms with Crippen molar-refractivity contribution in [3.05, 3.63) is 29.5 Å². The zero-order valence-electron chi connectivity index (χ0n) is 12.0. The highest BCUT2D eigenvalue weighted by Crippen LogP contribution is 2.34. The number of fused-ring (bicyclic) bond motifs is 1. The van der Waals surface area contributed by atoms with Gasteiger partial charge in [0.25, 0.3) is 0 Å². The first kappa shape index (κ1) is 12.5. The lowest BCUT2D eigenvalue weighted by Crippen LogP contribution is -2.29. The highest BCUT2D eigenvalue weighted by Gasteiger charge is 2.22. The number of hydrogen-bond donors (Lipinski definition) is 1. The molecule has 1 aliphatic heterocycles. The van der Waals surface area contributed by atoms with E-state index in [1.807, 2.05) is 0 Å². The predicted molar refractivity (Wildman–Crippen MR) is 79.1 cm³/mol. The van der Waals surface area contributed by atoms with Crippen molar-refractivity contribution >= 4 is 10.9 Å². The highest BCUT2D eigenvalue weighted by atomic mass is 16.5. The summed E-state index contributed by atoms with van der Waals surface area (Å²) >= 11 is 0. The molecule has 1 aliphatic rings. The van der Waals surface area contributed by atoms with Gasteiger partial charge in [0.1, 0.15) is 5.75 Å². The maximum atomic E-state index is 5.35. The zero-order valence-corrected chi connectivity index (χ0v) is 12.0. The summed E-state index contributed by atoms with van der Waals surface area (Å²) in [5.41, 5.74) is 4.18. The van der Waals surface area contributed by atoms with Gasteiger partial charge in [-0.1, -0.05) is 0 Å². The number of rotatable bonds is 2. The third-order valence-corrected chi connectivity index (χ3v) is 4.40. The molecule has 0 bridgehead atoms. The maximum Gasteiger partial charge on any atom is 0.120 e. The molecule has 3 nitrogen and oxygen atoms in total. The first-order chi connectivity index (χ1) is 9.22. The topological polar surface area (TPSA) is 26.2 Å². The van der Waals surface area contributed by atoms with Gasteiger partial charge in [-0.05, 0) is 44.0 Å². The van der Waals surface area contributed by atoms with Gasteiger partial charge in [-0.2, -0.15) is 0 Å². The number of aromatic nitrogens is 1. The molecule has 102 valence electrons. The molecular formula is C16H22N2O. The number of piperidine rings is 1. The van der Waals surface area contributed by atoms with Crippen LogP contribution in [0.4, 0.5) is 0 Å². The number of methoxy groups -OCH3 is 1. The molecule has 2 aromatic rings. The second-order valence-electron chi connectivity index (χ2n) is 5.50. The average molecular weight is 258 g/mol. The van der Waals surface area contributed by atoms with Crippen LogP contribution in [0.3, 0.4) is 0 Å². The minimum absolute atomic E-state index is 0.636. The molecular weight excluding hydrogens is 236 g/mol. The molecule has 19 heavy (non-hydrogen) atoms. The largest absolute Gasteiger partial charge is 0.497 e. The average Bonchev–Trinajstić information content (AvgIpc) is 2.71. The molecule has 1 atom stereocenters. The van der Waals surface area contributed by atoms with Crippen LogP contribution in [-0.4, -0.2) is 24.8 Å². The molecule has 0 saturated carbocycles. The molecule has 1 fully saturated rings. The van der Waals surface area contributed by atoms with Crippen LogP contribution in [0.25, 0.3) is 10.9 Å². The maximum absolute atomic E-state index is 5.35. The lowest BCUT2D eigenvalue weighted by molar-refractivity contribution is 0.415. The predicted octanol–water partition coefficient (Wildman–Crippen LogP) is 2.96. The van der Waals surface area contributed by atoms with E-state index in [0.29, 0.717) is 5.92 Å². The summed E-state index contributed by atoms with van der Waals surface area (Å²) in [5, 5.41) is 4.87. The van der Waals surface area contributed by atoms with Crippen molar-refractivity contribution in [3.8, 4) is 5.75 Å². The van der Waals surface area contributed by atoms with Gasteiger partial charge in [0.15, 0.2) is 0 Å². The van der Waals surface area contributed by atoms with Crippen LogP contribution in [0.15, 0.2) is 18.2 Å². The summed E-state index contributed by atoms with van der Waals surface area (Å²) in [4.78, 5) is 0. The minimum atomic E-state index is 0.636. The molecule has 1 N–H and O–H groups in total. The Kier molecular flexibility index (Phi) is 3.23. The van der Waals surface area contributed by atoms with E-state index < -0.39 is 0 Å². The molecule has 3 heteroatoms. The van der Waals surface area contributed by atoms with E-state index >= 15 is 0 Å². The first-order valence-corrected chi connectivity index (χ1v) is 7.06. The van der Waals surface area contributed by atoms with E-state index in [0.717, 1.165) is 18.8 Å². The van der Waals surface area contributed by atoms with Gasteiger partial charge in [-0.25, -0.2) is 0 Å². The second kappa shape index (κ2) is 4.89. The summed E-state index contributed by atoms with van der Waals surface area (Å²) in [6.45, 7) is 4.51. The smallest absolute Gasteiger partial charge is 0.120 e. The van der Waals surface area contributed by atoms with Crippen LogP contribution in [0.5, 0.6) is 5.75 Å². The van der Waals surface area contributed by atoms with E-state index in [-0.39, 0.29) is 0 Å². The van der Waals surface area contributed by atoms with Crippen molar-refractivity contribution in [1.82, 2.24) is 9.88 Å². The lowest BCUT2D eigenvalue weighted by Gasteiger charge is -2.24. The fraction of sp³-hybridized carbons (Fsp3) is 0.500. The molecule has 1 unspecified atom stereocenters. The third kappa shape index (κ3) is 2.02. The highest BCUT2D eigenvalue weighted by molar-refractivity contribution is 5.86. The second-order valence-corrected chi connectivity index (χ2v) is 5.50. The van der Waals surface area contributed by atoms with Crippen molar-refractivity contribution in [2.24, 2.45) is 7.05 Å². The number of nitrogens with one attached hydrogen (secondary N) is 1. The molecule has 1 aromatic heterocycles. The summed E-state index contributed by atoms with van der Waals surface area (Å²) < 4.78 is 7.70. The molecule has 0 radical (unpaired) electrons. The van der Waals surface area contributed by atoms with Crippen LogP contribution in [-0.2, 0) is 7.05 Å². The SMILES string of the molecule is COc1ccc2c(C)c(C3CCCNC3)n(C)c2c1. The Labute approximate surface area is 114 Å².